The molecule has 0 bridgehead atoms. The summed E-state index contributed by atoms with van der Waals surface area (Å²) < 4.78 is 2.77. The van der Waals surface area contributed by atoms with E-state index in [0.29, 0.717) is 6.54 Å². The second-order valence-electron chi connectivity index (χ2n) is 4.10. The summed E-state index contributed by atoms with van der Waals surface area (Å²) in [6, 6.07) is 7.26. The van der Waals surface area contributed by atoms with Crippen LogP contribution in [0.1, 0.15) is 11.1 Å². The molecule has 1 aromatic heterocycles. The van der Waals surface area contributed by atoms with Gasteiger partial charge in [-0.25, -0.2) is 14.3 Å². The van der Waals surface area contributed by atoms with Gasteiger partial charge in [0.15, 0.2) is 0 Å². The van der Waals surface area contributed by atoms with Gasteiger partial charge in [0, 0.05) is 13.1 Å². The zero-order chi connectivity index (χ0) is 13.8. The number of carboxylic acids is 1. The van der Waals surface area contributed by atoms with Crippen LogP contribution in [0, 0.1) is 0 Å². The van der Waals surface area contributed by atoms with Crippen molar-refractivity contribution in [3.63, 3.8) is 0 Å². The van der Waals surface area contributed by atoms with Gasteiger partial charge in [0.2, 0.25) is 0 Å². The van der Waals surface area contributed by atoms with Crippen molar-refractivity contribution in [1.82, 2.24) is 14.3 Å². The SMILES string of the molecule is Cn1cnn(Cc2ccc(/C=C/C(=O)O)cc2)c1=O. The molecule has 6 heteroatoms. The second kappa shape index (κ2) is 5.34. The van der Waals surface area contributed by atoms with Gasteiger partial charge in [-0.1, -0.05) is 24.3 Å². The van der Waals surface area contributed by atoms with E-state index >= 15 is 0 Å². The van der Waals surface area contributed by atoms with Crippen molar-refractivity contribution in [3.8, 4) is 0 Å². The maximum absolute atomic E-state index is 11.6. The lowest BCUT2D eigenvalue weighted by Crippen LogP contribution is -2.23. The van der Waals surface area contributed by atoms with E-state index in [1.165, 1.54) is 21.7 Å². The summed E-state index contributed by atoms with van der Waals surface area (Å²) in [5, 5.41) is 12.5. The standard InChI is InChI=1S/C13H13N3O3/c1-15-9-14-16(13(15)19)8-11-4-2-10(3-5-11)6-7-12(17)18/h2-7,9H,8H2,1H3,(H,17,18)/b7-6+. The van der Waals surface area contributed by atoms with Crippen molar-refractivity contribution in [2.45, 2.75) is 6.54 Å². The maximum Gasteiger partial charge on any atom is 0.345 e. The molecule has 98 valence electrons. The van der Waals surface area contributed by atoms with Crippen LogP contribution in [0.3, 0.4) is 0 Å². The van der Waals surface area contributed by atoms with E-state index in [-0.39, 0.29) is 5.69 Å². The Labute approximate surface area is 109 Å². The lowest BCUT2D eigenvalue weighted by molar-refractivity contribution is -0.131. The van der Waals surface area contributed by atoms with Crippen LogP contribution in [0.25, 0.3) is 6.08 Å². The highest BCUT2D eigenvalue weighted by Gasteiger charge is 2.02. The van der Waals surface area contributed by atoms with Gasteiger partial charge in [-0.15, -0.1) is 0 Å². The second-order valence-corrected chi connectivity index (χ2v) is 4.10. The van der Waals surface area contributed by atoms with Crippen molar-refractivity contribution in [2.75, 3.05) is 0 Å². The molecule has 0 spiro atoms. The Morgan fingerprint density at radius 1 is 1.37 bits per heavy atom. The molecular formula is C13H13N3O3. The summed E-state index contributed by atoms with van der Waals surface area (Å²) in [6.45, 7) is 0.391. The van der Waals surface area contributed by atoms with Crippen LogP contribution in [0.4, 0.5) is 0 Å². The van der Waals surface area contributed by atoms with E-state index in [1.807, 2.05) is 12.1 Å². The van der Waals surface area contributed by atoms with Crippen molar-refractivity contribution in [2.24, 2.45) is 7.05 Å². The minimum atomic E-state index is -0.982. The highest BCUT2D eigenvalue weighted by Crippen LogP contribution is 2.06. The first-order valence-corrected chi connectivity index (χ1v) is 5.64. The Morgan fingerprint density at radius 2 is 2.05 bits per heavy atom. The number of aryl methyl sites for hydroxylation is 1. The van der Waals surface area contributed by atoms with Crippen LogP contribution in [0.5, 0.6) is 0 Å². The Kier molecular flexibility index (Phi) is 3.61. The number of rotatable bonds is 4. The molecule has 0 aliphatic rings. The van der Waals surface area contributed by atoms with Crippen LogP contribution in [-0.4, -0.2) is 25.4 Å². The van der Waals surface area contributed by atoms with E-state index in [1.54, 1.807) is 19.2 Å². The fourth-order valence-electron chi connectivity index (χ4n) is 1.60. The zero-order valence-corrected chi connectivity index (χ0v) is 10.4. The fraction of sp³-hybridized carbons (Fsp3) is 0.154. The third kappa shape index (κ3) is 3.19. The molecule has 1 N–H and O–H groups in total. The summed E-state index contributed by atoms with van der Waals surface area (Å²) in [6.07, 6.45) is 4.06. The van der Waals surface area contributed by atoms with Crippen molar-refractivity contribution >= 4 is 12.0 Å². The molecule has 1 heterocycles. The Bertz CT molecular complexity index is 665. The van der Waals surface area contributed by atoms with Crippen molar-refractivity contribution in [3.05, 3.63) is 58.3 Å². The molecule has 6 nitrogen and oxygen atoms in total. The third-order valence-corrected chi connectivity index (χ3v) is 2.62. The number of hydrogen-bond acceptors (Lipinski definition) is 3. The van der Waals surface area contributed by atoms with Gasteiger partial charge in [-0.3, -0.25) is 4.57 Å². The molecule has 0 aliphatic carbocycles. The Morgan fingerprint density at radius 3 is 2.58 bits per heavy atom. The predicted molar refractivity (Wildman–Crippen MR) is 69.7 cm³/mol. The van der Waals surface area contributed by atoms with E-state index in [2.05, 4.69) is 5.10 Å². The highest BCUT2D eigenvalue weighted by molar-refractivity contribution is 5.85. The topological polar surface area (TPSA) is 77.1 Å². The van der Waals surface area contributed by atoms with E-state index in [0.717, 1.165) is 17.2 Å². The summed E-state index contributed by atoms with van der Waals surface area (Å²) in [7, 11) is 1.64. The Balaban J connectivity index is 2.13. The van der Waals surface area contributed by atoms with Crippen molar-refractivity contribution in [1.29, 1.82) is 0 Å². The van der Waals surface area contributed by atoms with Crippen LogP contribution in [-0.2, 0) is 18.4 Å². The number of benzene rings is 1. The average molecular weight is 259 g/mol. The summed E-state index contributed by atoms with van der Waals surface area (Å²) in [5.74, 6) is -0.982. The van der Waals surface area contributed by atoms with Gasteiger partial charge < -0.3 is 5.11 Å². The van der Waals surface area contributed by atoms with Gasteiger partial charge >= 0.3 is 11.7 Å². The molecule has 2 aromatic rings. The first-order valence-electron chi connectivity index (χ1n) is 5.64. The number of carboxylic acid groups (broad SMARTS) is 1. The minimum Gasteiger partial charge on any atom is -0.478 e. The predicted octanol–water partition coefficient (Wildman–Crippen LogP) is 0.728. The molecule has 1 aromatic carbocycles. The van der Waals surface area contributed by atoms with E-state index in [4.69, 9.17) is 5.11 Å². The van der Waals surface area contributed by atoms with Gasteiger partial charge in [0.1, 0.15) is 6.33 Å². The lowest BCUT2D eigenvalue weighted by Gasteiger charge is -2.01. The zero-order valence-electron chi connectivity index (χ0n) is 10.4. The summed E-state index contributed by atoms with van der Waals surface area (Å²) in [5.41, 5.74) is 1.54. The smallest absolute Gasteiger partial charge is 0.345 e. The van der Waals surface area contributed by atoms with Gasteiger partial charge in [0.25, 0.3) is 0 Å². The highest BCUT2D eigenvalue weighted by atomic mass is 16.4. The largest absolute Gasteiger partial charge is 0.478 e. The molecule has 19 heavy (non-hydrogen) atoms. The molecule has 0 saturated heterocycles. The average Bonchev–Trinajstić information content (AvgIpc) is 2.70. The first-order chi connectivity index (χ1) is 9.06. The van der Waals surface area contributed by atoms with Crippen LogP contribution >= 0.6 is 0 Å². The summed E-state index contributed by atoms with van der Waals surface area (Å²) >= 11 is 0. The maximum atomic E-state index is 11.6. The molecule has 0 radical (unpaired) electrons. The van der Waals surface area contributed by atoms with Gasteiger partial charge in [-0.05, 0) is 17.2 Å². The van der Waals surface area contributed by atoms with E-state index < -0.39 is 5.97 Å². The molecule has 0 aliphatic heterocycles. The molecule has 2 rings (SSSR count). The van der Waals surface area contributed by atoms with Gasteiger partial charge in [-0.2, -0.15) is 5.10 Å². The van der Waals surface area contributed by atoms with Crippen LogP contribution in [0.2, 0.25) is 0 Å². The third-order valence-electron chi connectivity index (χ3n) is 2.62. The molecule has 0 atom stereocenters. The quantitative estimate of drug-likeness (QED) is 0.821. The van der Waals surface area contributed by atoms with Crippen LogP contribution in [0.15, 0.2) is 41.5 Å². The summed E-state index contributed by atoms with van der Waals surface area (Å²) in [4.78, 5) is 22.0. The molecule has 0 amide bonds. The minimum absolute atomic E-state index is 0.171. The number of aliphatic carboxylic acids is 1. The Hall–Kier alpha value is -2.63. The van der Waals surface area contributed by atoms with Crippen LogP contribution < -0.4 is 5.69 Å². The number of aromatic nitrogens is 3. The normalized spacial score (nSPS) is 11.0. The molecule has 0 fully saturated rings. The number of nitrogens with zero attached hydrogens (tertiary/aromatic N) is 3. The fourth-order valence-corrected chi connectivity index (χ4v) is 1.60. The number of hydrogen-bond donors (Lipinski definition) is 1. The van der Waals surface area contributed by atoms with E-state index in [9.17, 15) is 9.59 Å². The molecular weight excluding hydrogens is 246 g/mol. The molecule has 0 unspecified atom stereocenters. The van der Waals surface area contributed by atoms with Gasteiger partial charge in [0.05, 0.1) is 6.54 Å². The lowest BCUT2D eigenvalue weighted by atomic mass is 10.1. The monoisotopic (exact) mass is 259 g/mol. The van der Waals surface area contributed by atoms with Crippen molar-refractivity contribution < 1.29 is 9.90 Å². The number of carbonyl (C=O) groups is 1. The first kappa shape index (κ1) is 12.8. The molecule has 0 saturated carbocycles.